The molecular weight excluding hydrogens is 715 g/mol. The number of nitrogens with zero attached hydrogens (tertiary/aromatic N) is 3. The van der Waals surface area contributed by atoms with Crippen LogP contribution in [0.4, 0.5) is 23.0 Å². The molecule has 0 saturated carbocycles. The average Bonchev–Trinajstić information content (AvgIpc) is 3.16. The first-order chi connectivity index (χ1) is 26.1. The van der Waals surface area contributed by atoms with Gasteiger partial charge in [-0.25, -0.2) is 9.97 Å². The Morgan fingerprint density at radius 1 is 0.889 bits per heavy atom. The fourth-order valence-corrected chi connectivity index (χ4v) is 5.90. The van der Waals surface area contributed by atoms with E-state index in [1.54, 1.807) is 67.6 Å². The number of anilines is 4. The van der Waals surface area contributed by atoms with E-state index in [0.29, 0.717) is 60.1 Å². The number of amides is 2. The molecule has 0 radical (unpaired) electrons. The number of aromatic amines is 1. The Morgan fingerprint density at radius 3 is 2.30 bits per heavy atom. The molecule has 3 aromatic carbocycles. The molecule has 0 aliphatic rings. The number of hydrogen-bond donors (Lipinski definition) is 6. The van der Waals surface area contributed by atoms with Crippen molar-refractivity contribution in [1.82, 2.24) is 25.3 Å². The van der Waals surface area contributed by atoms with Gasteiger partial charge in [-0.15, -0.1) is 0 Å². The fraction of sp³-hybridized carbons (Fsp3) is 0.270. The van der Waals surface area contributed by atoms with Crippen molar-refractivity contribution in [2.24, 2.45) is 0 Å². The van der Waals surface area contributed by atoms with Gasteiger partial charge in [-0.1, -0.05) is 24.3 Å². The van der Waals surface area contributed by atoms with E-state index in [4.69, 9.17) is 18.7 Å². The van der Waals surface area contributed by atoms with Crippen molar-refractivity contribution < 1.29 is 33.1 Å². The van der Waals surface area contributed by atoms with E-state index in [9.17, 15) is 19.2 Å². The number of rotatable bonds is 19. The van der Waals surface area contributed by atoms with Crippen LogP contribution in [0.5, 0.6) is 0 Å². The van der Waals surface area contributed by atoms with E-state index in [-0.39, 0.29) is 47.9 Å². The Balaban J connectivity index is 1.18. The molecule has 0 saturated heterocycles. The molecule has 5 aromatic rings. The van der Waals surface area contributed by atoms with Gasteiger partial charge in [0.15, 0.2) is 11.2 Å². The number of fused-ring (bicyclic) bond motifs is 1. The zero-order valence-electron chi connectivity index (χ0n) is 29.9. The van der Waals surface area contributed by atoms with Gasteiger partial charge in [0.1, 0.15) is 0 Å². The monoisotopic (exact) mass is 756 g/mol. The third-order valence-corrected chi connectivity index (χ3v) is 8.98. The van der Waals surface area contributed by atoms with Crippen LogP contribution in [-0.4, -0.2) is 62.1 Å². The summed E-state index contributed by atoms with van der Waals surface area (Å²) in [5.74, 6) is -1.51. The fourth-order valence-electron chi connectivity index (χ4n) is 5.00. The zero-order valence-corrected chi connectivity index (χ0v) is 30.8. The van der Waals surface area contributed by atoms with Gasteiger partial charge in [0.25, 0.3) is 17.4 Å². The number of carboxylic acid groups (broad SMARTS) is 1. The molecule has 282 valence electrons. The summed E-state index contributed by atoms with van der Waals surface area (Å²) >= 11 is 0. The molecule has 5 rings (SSSR count). The van der Waals surface area contributed by atoms with E-state index in [1.807, 2.05) is 26.0 Å². The minimum atomic E-state index is -1.42. The van der Waals surface area contributed by atoms with Crippen LogP contribution in [0.3, 0.4) is 0 Å². The molecule has 2 amide bonds. The number of aliphatic carboxylic acids is 1. The first-order valence-corrected chi connectivity index (χ1v) is 18.3. The van der Waals surface area contributed by atoms with Crippen LogP contribution in [0.2, 0.25) is 0 Å². The third-order valence-electron chi connectivity index (χ3n) is 7.70. The Bertz CT molecular complexity index is 2110. The highest BCUT2D eigenvalue weighted by atomic mass is 31.2. The second-order valence-electron chi connectivity index (χ2n) is 11.8. The van der Waals surface area contributed by atoms with Crippen molar-refractivity contribution in [2.75, 3.05) is 29.2 Å². The molecule has 0 spiro atoms. The first-order valence-electron chi connectivity index (χ1n) is 17.2. The summed E-state index contributed by atoms with van der Waals surface area (Å²) in [6.45, 7) is 7.01. The second kappa shape index (κ2) is 19.3. The van der Waals surface area contributed by atoms with Crippen LogP contribution < -0.4 is 26.8 Å². The number of benzene rings is 3. The Kier molecular flexibility index (Phi) is 14.1. The molecule has 0 aliphatic heterocycles. The highest BCUT2D eigenvalue weighted by Crippen LogP contribution is 2.40. The van der Waals surface area contributed by atoms with Gasteiger partial charge >= 0.3 is 14.6 Å². The maximum Gasteiger partial charge on any atom is 0.332 e. The molecule has 1 unspecified atom stereocenters. The normalized spacial score (nSPS) is 11.6. The molecule has 0 bridgehead atoms. The van der Waals surface area contributed by atoms with Crippen LogP contribution in [0.25, 0.3) is 11.2 Å². The van der Waals surface area contributed by atoms with Crippen LogP contribution in [-0.2, 0) is 31.5 Å². The molecule has 0 fully saturated rings. The zero-order chi connectivity index (χ0) is 38.5. The van der Waals surface area contributed by atoms with Gasteiger partial charge < -0.3 is 39.9 Å². The Morgan fingerprint density at radius 2 is 1.59 bits per heavy atom. The van der Waals surface area contributed by atoms with E-state index >= 15 is 0 Å². The minimum Gasteiger partial charge on any atom is -0.481 e. The molecule has 0 aliphatic carbocycles. The predicted octanol–water partition coefficient (Wildman–Crippen LogP) is 6.12. The molecule has 6 N–H and O–H groups in total. The molecular formula is C37H41N8O8P. The predicted molar refractivity (Wildman–Crippen MR) is 205 cm³/mol. The number of carboxylic acids is 1. The smallest absolute Gasteiger partial charge is 0.332 e. The summed E-state index contributed by atoms with van der Waals surface area (Å²) in [6.07, 6.45) is 1.80. The number of para-hydroxylation sites is 1. The largest absolute Gasteiger partial charge is 0.481 e. The SMILES string of the molecule is CCOP(OCC)OCc1ccc(NC(=O)c2ccccc2Nc2nc3ncc(CNc4ccc(C(=O)NC(C)CCC(=O)O)cc4)nc3c(=O)[nH]2)cc1. The number of H-pyrrole nitrogens is 1. The first kappa shape index (κ1) is 39.4. The topological polar surface area (TPSA) is 219 Å². The number of carbonyl (C=O) groups is 3. The van der Waals surface area contributed by atoms with Crippen molar-refractivity contribution in [1.29, 1.82) is 0 Å². The van der Waals surface area contributed by atoms with Crippen LogP contribution in [0.15, 0.2) is 83.8 Å². The lowest BCUT2D eigenvalue weighted by atomic mass is 10.1. The van der Waals surface area contributed by atoms with Crippen molar-refractivity contribution in [3.05, 3.63) is 112 Å². The average molecular weight is 757 g/mol. The van der Waals surface area contributed by atoms with Gasteiger partial charge in [-0.05, 0) is 81.3 Å². The van der Waals surface area contributed by atoms with Crippen molar-refractivity contribution >= 4 is 60.6 Å². The van der Waals surface area contributed by atoms with E-state index in [0.717, 1.165) is 5.56 Å². The van der Waals surface area contributed by atoms with Gasteiger partial charge in [0.2, 0.25) is 5.95 Å². The third kappa shape index (κ3) is 11.3. The number of carbonyl (C=O) groups excluding carboxylic acids is 2. The maximum absolute atomic E-state index is 13.3. The Hall–Kier alpha value is -5.80. The second-order valence-corrected chi connectivity index (χ2v) is 13.1. The van der Waals surface area contributed by atoms with Crippen molar-refractivity contribution in [3.8, 4) is 0 Å². The summed E-state index contributed by atoms with van der Waals surface area (Å²) in [6, 6.07) is 20.5. The van der Waals surface area contributed by atoms with E-state index < -0.39 is 20.1 Å². The highest BCUT2D eigenvalue weighted by molar-refractivity contribution is 7.41. The summed E-state index contributed by atoms with van der Waals surface area (Å²) in [7, 11) is -1.42. The summed E-state index contributed by atoms with van der Waals surface area (Å²) < 4.78 is 16.7. The van der Waals surface area contributed by atoms with Gasteiger partial charge in [0.05, 0.1) is 49.5 Å². The molecule has 1 atom stereocenters. The molecule has 17 heteroatoms. The standard InChI is InChI=1S/C37H41N8O8P/c1-4-51-54(52-5-2)53-22-24-11-15-27(16-12-24)42-35(49)29-8-6-7-9-30(29)43-37-44-33-32(36(50)45-37)41-28(21-39-33)20-38-26-17-13-25(14-18-26)34(48)40-23(3)10-19-31(46)47/h6-9,11-18,21,23,38H,4-5,10,19-20,22H2,1-3H3,(H,40,48)(H,42,49)(H,46,47)(H2,39,43,44,45,50). The van der Waals surface area contributed by atoms with Crippen LogP contribution >= 0.6 is 8.60 Å². The molecule has 2 aromatic heterocycles. The van der Waals surface area contributed by atoms with E-state index in [2.05, 4.69) is 41.2 Å². The number of hydrogen-bond acceptors (Lipinski definition) is 12. The quantitative estimate of drug-likeness (QED) is 0.0524. The van der Waals surface area contributed by atoms with E-state index in [1.165, 1.54) is 6.20 Å². The van der Waals surface area contributed by atoms with Gasteiger partial charge in [0, 0.05) is 29.4 Å². The molecule has 54 heavy (non-hydrogen) atoms. The summed E-state index contributed by atoms with van der Waals surface area (Å²) in [5, 5.41) is 20.7. The maximum atomic E-state index is 13.3. The lowest BCUT2D eigenvalue weighted by Gasteiger charge is -2.15. The molecule has 2 heterocycles. The highest BCUT2D eigenvalue weighted by Gasteiger charge is 2.16. The van der Waals surface area contributed by atoms with Crippen LogP contribution in [0.1, 0.15) is 65.6 Å². The molecule has 16 nitrogen and oxygen atoms in total. The lowest BCUT2D eigenvalue weighted by Crippen LogP contribution is -2.32. The van der Waals surface area contributed by atoms with Gasteiger partial charge in [-0.2, -0.15) is 4.98 Å². The number of aromatic nitrogens is 4. The Labute approximate surface area is 312 Å². The van der Waals surface area contributed by atoms with Gasteiger partial charge in [-0.3, -0.25) is 24.2 Å². The summed E-state index contributed by atoms with van der Waals surface area (Å²) in [5.41, 5.74) is 3.44. The van der Waals surface area contributed by atoms with Crippen molar-refractivity contribution in [3.63, 3.8) is 0 Å². The minimum absolute atomic E-state index is 0.0287. The summed E-state index contributed by atoms with van der Waals surface area (Å²) in [4.78, 5) is 65.5. The van der Waals surface area contributed by atoms with Crippen LogP contribution in [0, 0.1) is 0 Å². The lowest BCUT2D eigenvalue weighted by molar-refractivity contribution is -0.137. The number of nitrogens with one attached hydrogen (secondary N) is 5. The van der Waals surface area contributed by atoms with Crippen molar-refractivity contribution in [2.45, 2.75) is 52.8 Å².